The van der Waals surface area contributed by atoms with Crippen molar-refractivity contribution in [3.63, 3.8) is 0 Å². The minimum atomic E-state index is -3.77. The lowest BCUT2D eigenvalue weighted by Crippen LogP contribution is -2.05. The molecule has 0 aromatic heterocycles. The zero-order valence-corrected chi connectivity index (χ0v) is 18.7. The first-order valence-electron chi connectivity index (χ1n) is 11.1. The molecule has 0 radical (unpaired) electrons. The fourth-order valence-electron chi connectivity index (χ4n) is 3.15. The highest BCUT2D eigenvalue weighted by Crippen LogP contribution is 2.14. The molecule has 0 saturated heterocycles. The maximum atomic E-state index is 11.2. The molecule has 28 heavy (non-hydrogen) atoms. The quantitative estimate of drug-likeness (QED) is 0.110. The fraction of sp³-hybridized carbons (Fsp3) is 0.864. The minimum Gasteiger partial charge on any atom is -0.462 e. The molecule has 0 saturated carbocycles. The molecule has 0 heterocycles. The lowest BCUT2D eigenvalue weighted by atomic mass is 10.0. The molecule has 166 valence electrons. The first-order valence-corrected chi connectivity index (χ1v) is 12.7. The molecule has 0 aliphatic carbocycles. The number of ether oxygens (including phenoxy) is 1. The molecular weight excluding hydrogens is 376 g/mol. The van der Waals surface area contributed by atoms with E-state index >= 15 is 0 Å². The summed E-state index contributed by atoms with van der Waals surface area (Å²) in [5, 5.41) is 0. The number of hydrogen-bond acceptors (Lipinski definition) is 4. The van der Waals surface area contributed by atoms with Crippen LogP contribution in [0.3, 0.4) is 0 Å². The van der Waals surface area contributed by atoms with E-state index in [0.29, 0.717) is 18.6 Å². The SMILES string of the molecule is C=C(C)C(=O)OCCCCCCCCCCCCCCCCCCS(=O)(=O)O. The summed E-state index contributed by atoms with van der Waals surface area (Å²) in [5.74, 6) is -0.381. The third kappa shape index (κ3) is 21.4. The molecule has 1 N–H and O–H groups in total. The third-order valence-corrected chi connectivity index (χ3v) is 5.68. The molecule has 0 aliphatic heterocycles. The van der Waals surface area contributed by atoms with Crippen LogP contribution in [-0.4, -0.2) is 31.3 Å². The van der Waals surface area contributed by atoms with E-state index in [9.17, 15) is 13.2 Å². The van der Waals surface area contributed by atoms with Crippen LogP contribution in [0.5, 0.6) is 0 Å². The van der Waals surface area contributed by atoms with Crippen molar-refractivity contribution >= 4 is 16.1 Å². The van der Waals surface area contributed by atoms with Crippen LogP contribution in [0.15, 0.2) is 12.2 Å². The molecule has 0 atom stereocenters. The zero-order valence-electron chi connectivity index (χ0n) is 17.9. The Labute approximate surface area is 173 Å². The van der Waals surface area contributed by atoms with Gasteiger partial charge in [0.05, 0.1) is 12.4 Å². The summed E-state index contributed by atoms with van der Waals surface area (Å²) in [6.45, 7) is 5.74. The lowest BCUT2D eigenvalue weighted by Gasteiger charge is -2.05. The van der Waals surface area contributed by atoms with E-state index in [2.05, 4.69) is 6.58 Å². The average molecular weight is 419 g/mol. The third-order valence-electron chi connectivity index (χ3n) is 4.88. The van der Waals surface area contributed by atoms with Crippen molar-refractivity contribution in [1.29, 1.82) is 0 Å². The van der Waals surface area contributed by atoms with Gasteiger partial charge in [0.1, 0.15) is 0 Å². The number of carbonyl (C=O) groups is 1. The highest BCUT2D eigenvalue weighted by Gasteiger charge is 2.03. The zero-order chi connectivity index (χ0) is 21.1. The van der Waals surface area contributed by atoms with Crippen LogP contribution in [0.1, 0.15) is 110 Å². The van der Waals surface area contributed by atoms with Gasteiger partial charge in [-0.1, -0.05) is 96.5 Å². The van der Waals surface area contributed by atoms with Crippen LogP contribution in [0.2, 0.25) is 0 Å². The van der Waals surface area contributed by atoms with E-state index in [1.54, 1.807) is 6.92 Å². The second-order valence-corrected chi connectivity index (χ2v) is 9.43. The van der Waals surface area contributed by atoms with Gasteiger partial charge in [0.15, 0.2) is 0 Å². The van der Waals surface area contributed by atoms with Gasteiger partial charge in [-0.05, 0) is 19.8 Å². The predicted octanol–water partition coefficient (Wildman–Crippen LogP) is 6.24. The standard InChI is InChI=1S/C22H42O5S/c1-21(2)22(23)27-19-17-15-13-11-9-7-5-3-4-6-8-10-12-14-16-18-20-28(24,25)26/h1,3-20H2,2H3,(H,24,25,26). The van der Waals surface area contributed by atoms with Gasteiger partial charge in [0.2, 0.25) is 0 Å². The number of carbonyl (C=O) groups excluding carboxylic acids is 1. The van der Waals surface area contributed by atoms with Crippen molar-refractivity contribution in [3.8, 4) is 0 Å². The highest BCUT2D eigenvalue weighted by molar-refractivity contribution is 7.85. The van der Waals surface area contributed by atoms with Crippen molar-refractivity contribution in [2.24, 2.45) is 0 Å². The van der Waals surface area contributed by atoms with Gasteiger partial charge in [0, 0.05) is 5.57 Å². The molecule has 5 nitrogen and oxygen atoms in total. The van der Waals surface area contributed by atoms with Crippen molar-refractivity contribution in [1.82, 2.24) is 0 Å². The topological polar surface area (TPSA) is 80.7 Å². The van der Waals surface area contributed by atoms with E-state index in [1.165, 1.54) is 64.2 Å². The van der Waals surface area contributed by atoms with Gasteiger partial charge >= 0.3 is 5.97 Å². The van der Waals surface area contributed by atoms with Gasteiger partial charge in [-0.3, -0.25) is 4.55 Å². The number of rotatable bonds is 20. The Kier molecular flexibility index (Phi) is 17.6. The highest BCUT2D eigenvalue weighted by atomic mass is 32.2. The average Bonchev–Trinajstić information content (AvgIpc) is 2.62. The summed E-state index contributed by atoms with van der Waals surface area (Å²) < 4.78 is 34.9. The van der Waals surface area contributed by atoms with E-state index in [-0.39, 0.29) is 11.7 Å². The maximum absolute atomic E-state index is 11.2. The smallest absolute Gasteiger partial charge is 0.333 e. The van der Waals surface area contributed by atoms with Crippen molar-refractivity contribution in [2.75, 3.05) is 12.4 Å². The molecule has 0 aromatic rings. The predicted molar refractivity (Wildman–Crippen MR) is 116 cm³/mol. The van der Waals surface area contributed by atoms with Crippen molar-refractivity contribution in [2.45, 2.75) is 110 Å². The summed E-state index contributed by atoms with van der Waals surface area (Å²) in [7, 11) is -3.77. The largest absolute Gasteiger partial charge is 0.462 e. The molecule has 0 unspecified atom stereocenters. The Morgan fingerprint density at radius 3 is 1.36 bits per heavy atom. The number of unbranched alkanes of at least 4 members (excludes halogenated alkanes) is 15. The molecular formula is C22H42O5S. The molecule has 0 aliphatic rings. The van der Waals surface area contributed by atoms with Crippen molar-refractivity contribution in [3.05, 3.63) is 12.2 Å². The van der Waals surface area contributed by atoms with E-state index < -0.39 is 10.1 Å². The van der Waals surface area contributed by atoms with E-state index in [4.69, 9.17) is 9.29 Å². The Morgan fingerprint density at radius 1 is 0.714 bits per heavy atom. The van der Waals surface area contributed by atoms with E-state index in [1.807, 2.05) is 0 Å². The number of esters is 1. The van der Waals surface area contributed by atoms with Crippen molar-refractivity contribution < 1.29 is 22.5 Å². The Bertz CT molecular complexity index is 499. The monoisotopic (exact) mass is 418 g/mol. The molecule has 0 amide bonds. The van der Waals surface area contributed by atoms with Gasteiger partial charge in [-0.25, -0.2) is 4.79 Å². The Hall–Kier alpha value is -0.880. The summed E-state index contributed by atoms with van der Waals surface area (Å²) in [5.41, 5.74) is 0.466. The van der Waals surface area contributed by atoms with Crippen LogP contribution < -0.4 is 0 Å². The summed E-state index contributed by atoms with van der Waals surface area (Å²) in [6, 6.07) is 0. The second kappa shape index (κ2) is 18.2. The fourth-order valence-corrected chi connectivity index (χ4v) is 3.72. The summed E-state index contributed by atoms with van der Waals surface area (Å²) in [4.78, 5) is 11.2. The summed E-state index contributed by atoms with van der Waals surface area (Å²) >= 11 is 0. The van der Waals surface area contributed by atoms with Gasteiger partial charge in [-0.2, -0.15) is 8.42 Å². The van der Waals surface area contributed by atoms with E-state index in [0.717, 1.165) is 32.1 Å². The second-order valence-electron chi connectivity index (χ2n) is 7.86. The first-order chi connectivity index (χ1) is 13.3. The van der Waals surface area contributed by atoms with Crippen LogP contribution in [0.25, 0.3) is 0 Å². The molecule has 0 bridgehead atoms. The normalized spacial score (nSPS) is 11.5. The summed E-state index contributed by atoms with van der Waals surface area (Å²) in [6.07, 6.45) is 18.6. The molecule has 0 rings (SSSR count). The van der Waals surface area contributed by atoms with Crippen LogP contribution in [0, 0.1) is 0 Å². The molecule has 0 spiro atoms. The lowest BCUT2D eigenvalue weighted by molar-refractivity contribution is -0.139. The molecule has 0 fully saturated rings. The maximum Gasteiger partial charge on any atom is 0.333 e. The molecule has 6 heteroatoms. The Balaban J connectivity index is 3.12. The Morgan fingerprint density at radius 2 is 1.04 bits per heavy atom. The first kappa shape index (κ1) is 27.1. The minimum absolute atomic E-state index is 0.0993. The van der Waals surface area contributed by atoms with Crippen LogP contribution in [-0.2, 0) is 19.6 Å². The molecule has 0 aromatic carbocycles. The van der Waals surface area contributed by atoms with Crippen LogP contribution >= 0.6 is 0 Å². The van der Waals surface area contributed by atoms with Gasteiger partial charge in [-0.15, -0.1) is 0 Å². The number of hydrogen-bond donors (Lipinski definition) is 1. The van der Waals surface area contributed by atoms with Gasteiger partial charge in [0.25, 0.3) is 10.1 Å². The van der Waals surface area contributed by atoms with Gasteiger partial charge < -0.3 is 4.74 Å². The van der Waals surface area contributed by atoms with Crippen LogP contribution in [0.4, 0.5) is 0 Å².